The van der Waals surface area contributed by atoms with Gasteiger partial charge in [-0.2, -0.15) is 0 Å². The van der Waals surface area contributed by atoms with Crippen LogP contribution in [0.25, 0.3) is 0 Å². The first-order valence-corrected chi connectivity index (χ1v) is 7.23. The second-order valence-electron chi connectivity index (χ2n) is 5.78. The molecule has 0 radical (unpaired) electrons. The third kappa shape index (κ3) is 4.58. The van der Waals surface area contributed by atoms with Gasteiger partial charge in [-0.3, -0.25) is 4.79 Å². The first-order valence-electron chi connectivity index (χ1n) is 7.23. The number of carbonyl (C=O) groups is 1. The van der Waals surface area contributed by atoms with Gasteiger partial charge in [0.1, 0.15) is 0 Å². The van der Waals surface area contributed by atoms with Crippen LogP contribution in [-0.2, 0) is 4.79 Å². The van der Waals surface area contributed by atoms with Gasteiger partial charge in [-0.1, -0.05) is 33.1 Å². The molecule has 0 aliphatic heterocycles. The van der Waals surface area contributed by atoms with E-state index in [9.17, 15) is 4.79 Å². The van der Waals surface area contributed by atoms with Crippen molar-refractivity contribution in [2.75, 3.05) is 13.2 Å². The summed E-state index contributed by atoms with van der Waals surface area (Å²) in [6.45, 7) is 4.60. The number of hydrogen-bond acceptors (Lipinski definition) is 3. The molecular weight excluding hydrogens is 228 g/mol. The Morgan fingerprint density at radius 2 is 1.94 bits per heavy atom. The van der Waals surface area contributed by atoms with E-state index in [0.29, 0.717) is 18.9 Å². The topological polar surface area (TPSA) is 66.6 Å². The van der Waals surface area contributed by atoms with Crippen LogP contribution in [0.4, 0.5) is 0 Å². The van der Waals surface area contributed by atoms with Gasteiger partial charge in [0.2, 0.25) is 5.91 Å². The fourth-order valence-electron chi connectivity index (χ4n) is 2.79. The number of nitrogens with two attached hydrogens (primary N) is 1. The molecule has 4 nitrogen and oxygen atoms in total. The minimum atomic E-state index is -0.418. The van der Waals surface area contributed by atoms with E-state index in [4.69, 9.17) is 10.8 Å². The quantitative estimate of drug-likeness (QED) is 0.757. The lowest BCUT2D eigenvalue weighted by Gasteiger charge is -2.35. The lowest BCUT2D eigenvalue weighted by molar-refractivity contribution is -0.136. The van der Waals surface area contributed by atoms with Crippen molar-refractivity contribution in [1.82, 2.24) is 4.90 Å². The van der Waals surface area contributed by atoms with Crippen molar-refractivity contribution in [3.8, 4) is 0 Å². The predicted octanol–water partition coefficient (Wildman–Crippen LogP) is 1.51. The van der Waals surface area contributed by atoms with Gasteiger partial charge >= 0.3 is 0 Å². The van der Waals surface area contributed by atoms with Crippen LogP contribution < -0.4 is 5.73 Å². The average Bonchev–Trinajstić information content (AvgIpc) is 2.35. The van der Waals surface area contributed by atoms with Gasteiger partial charge in [0.25, 0.3) is 0 Å². The van der Waals surface area contributed by atoms with E-state index in [1.165, 1.54) is 19.3 Å². The summed E-state index contributed by atoms with van der Waals surface area (Å²) in [5, 5.41) is 9.15. The molecule has 3 N–H and O–H groups in total. The molecule has 0 saturated heterocycles. The molecule has 1 saturated carbocycles. The smallest absolute Gasteiger partial charge is 0.239 e. The van der Waals surface area contributed by atoms with Gasteiger partial charge in [-0.15, -0.1) is 0 Å². The number of aliphatic hydroxyl groups excluding tert-OH is 1. The highest BCUT2D eigenvalue weighted by Gasteiger charge is 2.28. The molecule has 18 heavy (non-hydrogen) atoms. The molecule has 1 atom stereocenters. The van der Waals surface area contributed by atoms with Crippen LogP contribution >= 0.6 is 0 Å². The Balaban J connectivity index is 2.61. The summed E-state index contributed by atoms with van der Waals surface area (Å²) in [4.78, 5) is 14.2. The van der Waals surface area contributed by atoms with Crippen LogP contribution in [0, 0.1) is 5.92 Å². The van der Waals surface area contributed by atoms with E-state index in [-0.39, 0.29) is 18.6 Å². The molecule has 1 rings (SSSR count). The minimum Gasteiger partial charge on any atom is -0.395 e. The Morgan fingerprint density at radius 1 is 1.33 bits per heavy atom. The van der Waals surface area contributed by atoms with Crippen LogP contribution in [0.5, 0.6) is 0 Å². The van der Waals surface area contributed by atoms with E-state index in [2.05, 4.69) is 13.8 Å². The number of rotatable bonds is 6. The summed E-state index contributed by atoms with van der Waals surface area (Å²) in [6.07, 6.45) is 6.45. The lowest BCUT2D eigenvalue weighted by Crippen LogP contribution is -2.50. The van der Waals surface area contributed by atoms with Gasteiger partial charge in [0, 0.05) is 12.6 Å². The molecule has 0 aromatic heterocycles. The summed E-state index contributed by atoms with van der Waals surface area (Å²) in [5.41, 5.74) is 5.98. The first-order chi connectivity index (χ1) is 8.56. The van der Waals surface area contributed by atoms with Crippen LogP contribution in [0.2, 0.25) is 0 Å². The van der Waals surface area contributed by atoms with Crippen LogP contribution in [-0.4, -0.2) is 41.1 Å². The van der Waals surface area contributed by atoms with Crippen molar-refractivity contribution >= 4 is 5.91 Å². The standard InChI is InChI=1S/C14H28N2O2/c1-11(2)10-13(15)14(18)16(8-9-17)12-6-4-3-5-7-12/h11-13,17H,3-10,15H2,1-2H3/t13-/m0/s1. The molecule has 1 aliphatic carbocycles. The van der Waals surface area contributed by atoms with E-state index in [1.807, 2.05) is 4.90 Å². The van der Waals surface area contributed by atoms with Gasteiger partial charge in [-0.05, 0) is 25.2 Å². The number of carbonyl (C=O) groups excluding carboxylic acids is 1. The highest BCUT2D eigenvalue weighted by molar-refractivity contribution is 5.82. The summed E-state index contributed by atoms with van der Waals surface area (Å²) in [5.74, 6) is 0.441. The molecule has 106 valence electrons. The Kier molecular flexibility index (Phi) is 6.65. The maximum Gasteiger partial charge on any atom is 0.239 e. The van der Waals surface area contributed by atoms with Crippen molar-refractivity contribution in [2.45, 2.75) is 64.5 Å². The molecule has 0 bridgehead atoms. The molecule has 0 aromatic carbocycles. The molecule has 0 heterocycles. The summed E-state index contributed by atoms with van der Waals surface area (Å²) in [7, 11) is 0. The Hall–Kier alpha value is -0.610. The highest BCUT2D eigenvalue weighted by Crippen LogP contribution is 2.23. The molecule has 4 heteroatoms. The number of hydrogen-bond donors (Lipinski definition) is 2. The van der Waals surface area contributed by atoms with Gasteiger partial charge < -0.3 is 15.7 Å². The summed E-state index contributed by atoms with van der Waals surface area (Å²) < 4.78 is 0. The molecule has 0 aromatic rings. The second kappa shape index (κ2) is 7.74. The maximum atomic E-state index is 12.4. The van der Waals surface area contributed by atoms with Gasteiger partial charge in [0.05, 0.1) is 12.6 Å². The van der Waals surface area contributed by atoms with Crippen LogP contribution in [0.15, 0.2) is 0 Å². The van der Waals surface area contributed by atoms with E-state index >= 15 is 0 Å². The molecule has 1 amide bonds. The average molecular weight is 256 g/mol. The normalized spacial score (nSPS) is 18.9. The van der Waals surface area contributed by atoms with Gasteiger partial charge in [0.15, 0.2) is 0 Å². The molecule has 0 spiro atoms. The fourth-order valence-corrected chi connectivity index (χ4v) is 2.79. The number of amides is 1. The molecule has 0 unspecified atom stereocenters. The number of aliphatic hydroxyl groups is 1. The zero-order valence-corrected chi connectivity index (χ0v) is 11.8. The van der Waals surface area contributed by atoms with Crippen LogP contribution in [0.1, 0.15) is 52.4 Å². The maximum absolute atomic E-state index is 12.4. The predicted molar refractivity (Wildman–Crippen MR) is 73.1 cm³/mol. The SMILES string of the molecule is CC(C)C[C@H](N)C(=O)N(CCO)C1CCCCC1. The fraction of sp³-hybridized carbons (Fsp3) is 0.929. The summed E-state index contributed by atoms with van der Waals surface area (Å²) >= 11 is 0. The Bertz CT molecular complexity index is 250. The molecule has 1 aliphatic rings. The van der Waals surface area contributed by atoms with Crippen molar-refractivity contribution in [2.24, 2.45) is 11.7 Å². The monoisotopic (exact) mass is 256 g/mol. The van der Waals surface area contributed by atoms with E-state index < -0.39 is 6.04 Å². The van der Waals surface area contributed by atoms with E-state index in [0.717, 1.165) is 12.8 Å². The minimum absolute atomic E-state index is 0.0182. The highest BCUT2D eigenvalue weighted by atomic mass is 16.3. The number of nitrogens with zero attached hydrogens (tertiary/aromatic N) is 1. The van der Waals surface area contributed by atoms with Crippen molar-refractivity contribution in [1.29, 1.82) is 0 Å². The van der Waals surface area contributed by atoms with Gasteiger partial charge in [-0.25, -0.2) is 0 Å². The zero-order chi connectivity index (χ0) is 13.5. The molecular formula is C14H28N2O2. The van der Waals surface area contributed by atoms with Crippen molar-refractivity contribution < 1.29 is 9.90 Å². The second-order valence-corrected chi connectivity index (χ2v) is 5.78. The van der Waals surface area contributed by atoms with Crippen LogP contribution in [0.3, 0.4) is 0 Å². The molecule has 1 fully saturated rings. The third-order valence-electron chi connectivity index (χ3n) is 3.68. The Labute approximate surface area is 111 Å². The largest absolute Gasteiger partial charge is 0.395 e. The summed E-state index contributed by atoms with van der Waals surface area (Å²) in [6, 6.07) is -0.130. The zero-order valence-electron chi connectivity index (χ0n) is 11.8. The van der Waals surface area contributed by atoms with Crippen molar-refractivity contribution in [3.05, 3.63) is 0 Å². The third-order valence-corrected chi connectivity index (χ3v) is 3.68. The van der Waals surface area contributed by atoms with E-state index in [1.54, 1.807) is 0 Å². The first kappa shape index (κ1) is 15.4. The van der Waals surface area contributed by atoms with Crippen molar-refractivity contribution in [3.63, 3.8) is 0 Å². The Morgan fingerprint density at radius 3 is 2.44 bits per heavy atom. The lowest BCUT2D eigenvalue weighted by atomic mass is 9.93.